The van der Waals surface area contributed by atoms with E-state index in [2.05, 4.69) is 5.32 Å². The summed E-state index contributed by atoms with van der Waals surface area (Å²) in [6.07, 6.45) is 1.20. The quantitative estimate of drug-likeness (QED) is 0.506. The lowest BCUT2D eigenvalue weighted by Crippen LogP contribution is -2.36. The monoisotopic (exact) mass is 457 g/mol. The first-order chi connectivity index (χ1) is 15.5. The van der Waals surface area contributed by atoms with Crippen molar-refractivity contribution in [3.05, 3.63) is 52.8 Å². The lowest BCUT2D eigenvalue weighted by Gasteiger charge is -2.24. The molecular formula is C26H32FNO5. The maximum absolute atomic E-state index is 14.9. The molecule has 1 saturated carbocycles. The van der Waals surface area contributed by atoms with Gasteiger partial charge in [-0.05, 0) is 88.3 Å². The average Bonchev–Trinajstić information content (AvgIpc) is 3.52. The molecule has 0 bridgehead atoms. The summed E-state index contributed by atoms with van der Waals surface area (Å²) in [5.41, 5.74) is 2.50. The molecule has 0 spiro atoms. The maximum Gasteiger partial charge on any atom is 0.408 e. The number of aromatic hydroxyl groups is 1. The number of hydrogen-bond donors (Lipinski definition) is 2. The zero-order valence-electron chi connectivity index (χ0n) is 19.8. The van der Waals surface area contributed by atoms with Crippen LogP contribution in [-0.4, -0.2) is 29.4 Å². The summed E-state index contributed by atoms with van der Waals surface area (Å²) < 4.78 is 25.3. The summed E-state index contributed by atoms with van der Waals surface area (Å²) in [5.74, 6) is -0.553. The fourth-order valence-electron chi connectivity index (χ4n) is 3.87. The molecular weight excluding hydrogens is 425 g/mol. The molecule has 0 aliphatic heterocycles. The number of carbonyl (C=O) groups is 2. The molecule has 178 valence electrons. The molecule has 6 nitrogen and oxygen atoms in total. The number of halogens is 1. The molecule has 0 radical (unpaired) electrons. The van der Waals surface area contributed by atoms with Crippen LogP contribution in [0.1, 0.15) is 75.6 Å². The number of ether oxygens (including phenoxy) is 2. The van der Waals surface area contributed by atoms with Gasteiger partial charge in [-0.25, -0.2) is 9.18 Å². The Balaban J connectivity index is 1.97. The third-order valence-electron chi connectivity index (χ3n) is 5.41. The lowest BCUT2D eigenvalue weighted by molar-refractivity contribution is -0.143. The minimum absolute atomic E-state index is 0.108. The van der Waals surface area contributed by atoms with E-state index in [1.807, 2.05) is 13.0 Å². The standard InChI is InChI=1S/C26H32FNO5/c1-6-32-23(30)14-21(28-25(31)33-26(3,4)5)19-12-17(9-10-20(19)27)24-15(2)11-18(13-22(24)29)16-7-8-16/h9-13,16,21,29H,6-8,14H2,1-5H3,(H,28,31)/t21-/m0/s1. The van der Waals surface area contributed by atoms with Crippen molar-refractivity contribution in [2.45, 2.75) is 71.4 Å². The largest absolute Gasteiger partial charge is 0.507 e. The average molecular weight is 458 g/mol. The second-order valence-corrected chi connectivity index (χ2v) is 9.45. The van der Waals surface area contributed by atoms with E-state index in [1.54, 1.807) is 45.9 Å². The van der Waals surface area contributed by atoms with Crippen molar-refractivity contribution in [2.75, 3.05) is 6.61 Å². The number of phenolic OH excluding ortho intramolecular Hbond substituents is 1. The van der Waals surface area contributed by atoms with Crippen LogP contribution in [0.5, 0.6) is 5.75 Å². The number of esters is 1. The Labute approximate surface area is 194 Å². The number of amides is 1. The first-order valence-corrected chi connectivity index (χ1v) is 11.3. The van der Waals surface area contributed by atoms with Crippen molar-refractivity contribution >= 4 is 12.1 Å². The predicted molar refractivity (Wildman–Crippen MR) is 124 cm³/mol. The number of benzene rings is 2. The fraction of sp³-hybridized carbons (Fsp3) is 0.462. The zero-order valence-corrected chi connectivity index (χ0v) is 19.8. The van der Waals surface area contributed by atoms with Gasteiger partial charge in [0.15, 0.2) is 0 Å². The van der Waals surface area contributed by atoms with Crippen LogP contribution in [-0.2, 0) is 14.3 Å². The highest BCUT2D eigenvalue weighted by molar-refractivity contribution is 5.77. The summed E-state index contributed by atoms with van der Waals surface area (Å²) >= 11 is 0. The van der Waals surface area contributed by atoms with Crippen molar-refractivity contribution < 1.29 is 28.6 Å². The molecule has 1 aliphatic carbocycles. The van der Waals surface area contributed by atoms with Gasteiger partial charge in [0, 0.05) is 11.1 Å². The van der Waals surface area contributed by atoms with Gasteiger partial charge in [-0.1, -0.05) is 12.1 Å². The molecule has 7 heteroatoms. The number of phenols is 1. The highest BCUT2D eigenvalue weighted by Gasteiger charge is 2.27. The van der Waals surface area contributed by atoms with Crippen molar-refractivity contribution in [1.29, 1.82) is 0 Å². The van der Waals surface area contributed by atoms with Crippen molar-refractivity contribution in [1.82, 2.24) is 5.32 Å². The van der Waals surface area contributed by atoms with E-state index in [-0.39, 0.29) is 24.3 Å². The molecule has 33 heavy (non-hydrogen) atoms. The van der Waals surface area contributed by atoms with Crippen LogP contribution < -0.4 is 5.32 Å². The molecule has 2 aromatic carbocycles. The molecule has 1 aliphatic rings. The van der Waals surface area contributed by atoms with E-state index >= 15 is 0 Å². The molecule has 0 aromatic heterocycles. The molecule has 2 N–H and O–H groups in total. The first kappa shape index (κ1) is 24.6. The molecule has 0 heterocycles. The Morgan fingerprint density at radius 2 is 1.91 bits per heavy atom. The van der Waals surface area contributed by atoms with Crippen molar-refractivity contribution in [2.24, 2.45) is 0 Å². The number of carbonyl (C=O) groups excluding carboxylic acids is 2. The summed E-state index contributed by atoms with van der Waals surface area (Å²) in [7, 11) is 0. The highest BCUT2D eigenvalue weighted by atomic mass is 19.1. The maximum atomic E-state index is 14.9. The number of alkyl carbamates (subject to hydrolysis) is 1. The topological polar surface area (TPSA) is 84.9 Å². The van der Waals surface area contributed by atoms with E-state index in [1.165, 1.54) is 6.07 Å². The van der Waals surface area contributed by atoms with Crippen LogP contribution in [0.2, 0.25) is 0 Å². The second-order valence-electron chi connectivity index (χ2n) is 9.45. The number of hydrogen-bond acceptors (Lipinski definition) is 5. The fourth-order valence-corrected chi connectivity index (χ4v) is 3.87. The van der Waals surface area contributed by atoms with Crippen LogP contribution in [0.15, 0.2) is 30.3 Å². The summed E-state index contributed by atoms with van der Waals surface area (Å²) in [6, 6.07) is 7.20. The Morgan fingerprint density at radius 1 is 1.21 bits per heavy atom. The SMILES string of the molecule is CCOC(=O)C[C@H](NC(=O)OC(C)(C)C)c1cc(-c2c(C)cc(C3CC3)cc2O)ccc1F. The summed E-state index contributed by atoms with van der Waals surface area (Å²) in [4.78, 5) is 24.6. The molecule has 0 saturated heterocycles. The third-order valence-corrected chi connectivity index (χ3v) is 5.41. The number of nitrogens with one attached hydrogen (secondary N) is 1. The molecule has 1 atom stereocenters. The van der Waals surface area contributed by atoms with E-state index in [9.17, 15) is 19.1 Å². The highest BCUT2D eigenvalue weighted by Crippen LogP contribution is 2.44. The van der Waals surface area contributed by atoms with Gasteiger partial charge in [-0.3, -0.25) is 4.79 Å². The van der Waals surface area contributed by atoms with E-state index in [0.717, 1.165) is 24.0 Å². The van der Waals surface area contributed by atoms with Crippen molar-refractivity contribution in [3.63, 3.8) is 0 Å². The van der Waals surface area contributed by atoms with Crippen LogP contribution in [0, 0.1) is 12.7 Å². The van der Waals surface area contributed by atoms with Gasteiger partial charge in [0.2, 0.25) is 0 Å². The first-order valence-electron chi connectivity index (χ1n) is 11.3. The molecule has 2 aromatic rings. The molecule has 1 amide bonds. The smallest absolute Gasteiger partial charge is 0.408 e. The number of aryl methyl sites for hydroxylation is 1. The Morgan fingerprint density at radius 3 is 2.48 bits per heavy atom. The lowest BCUT2D eigenvalue weighted by atomic mass is 9.92. The molecule has 3 rings (SSSR count). The minimum atomic E-state index is -1.01. The van der Waals surface area contributed by atoms with Crippen LogP contribution in [0.3, 0.4) is 0 Å². The van der Waals surface area contributed by atoms with Gasteiger partial charge in [0.05, 0.1) is 19.1 Å². The number of rotatable bonds is 7. The van der Waals surface area contributed by atoms with Gasteiger partial charge in [-0.2, -0.15) is 0 Å². The molecule has 0 unspecified atom stereocenters. The summed E-state index contributed by atoms with van der Waals surface area (Å²) in [6.45, 7) is 8.88. The molecule has 1 fully saturated rings. The van der Waals surface area contributed by atoms with Crippen LogP contribution in [0.4, 0.5) is 9.18 Å². The normalized spacial score (nSPS) is 14.5. The van der Waals surface area contributed by atoms with E-state index in [4.69, 9.17) is 9.47 Å². The van der Waals surface area contributed by atoms with Gasteiger partial charge < -0.3 is 19.9 Å². The van der Waals surface area contributed by atoms with E-state index < -0.39 is 29.5 Å². The predicted octanol–water partition coefficient (Wildman–Crippen LogP) is 5.90. The Kier molecular flexibility index (Phi) is 7.30. The Hall–Kier alpha value is -3.09. The van der Waals surface area contributed by atoms with Crippen LogP contribution >= 0.6 is 0 Å². The van der Waals surface area contributed by atoms with Gasteiger partial charge in [-0.15, -0.1) is 0 Å². The van der Waals surface area contributed by atoms with Gasteiger partial charge >= 0.3 is 12.1 Å². The summed E-state index contributed by atoms with van der Waals surface area (Å²) in [5, 5.41) is 13.3. The van der Waals surface area contributed by atoms with Gasteiger partial charge in [0.1, 0.15) is 17.2 Å². The second kappa shape index (κ2) is 9.81. The van der Waals surface area contributed by atoms with E-state index in [0.29, 0.717) is 17.0 Å². The van der Waals surface area contributed by atoms with Crippen LogP contribution in [0.25, 0.3) is 11.1 Å². The Bertz CT molecular complexity index is 1020. The minimum Gasteiger partial charge on any atom is -0.507 e. The zero-order chi connectivity index (χ0) is 24.3. The van der Waals surface area contributed by atoms with Gasteiger partial charge in [0.25, 0.3) is 0 Å². The van der Waals surface area contributed by atoms with Crippen molar-refractivity contribution in [3.8, 4) is 16.9 Å². The third kappa shape index (κ3) is 6.46.